The van der Waals surface area contributed by atoms with E-state index in [0.717, 1.165) is 19.2 Å². The number of phenolic OH excluding ortho intramolecular Hbond substituents is 1. The van der Waals surface area contributed by atoms with E-state index >= 15 is 0 Å². The second-order valence-corrected chi connectivity index (χ2v) is 6.24. The largest absolute Gasteiger partial charge is 0.507 e. The minimum Gasteiger partial charge on any atom is -0.507 e. The summed E-state index contributed by atoms with van der Waals surface area (Å²) >= 11 is 0. The van der Waals surface area contributed by atoms with E-state index < -0.39 is 44.9 Å². The number of rotatable bonds is 6. The lowest BCUT2D eigenvalue weighted by Gasteiger charge is -2.12. The summed E-state index contributed by atoms with van der Waals surface area (Å²) < 4.78 is 41.8. The van der Waals surface area contributed by atoms with Gasteiger partial charge in [0.2, 0.25) is 0 Å². The summed E-state index contributed by atoms with van der Waals surface area (Å²) in [4.78, 5) is 22.8. The molecule has 0 aliphatic heterocycles. The van der Waals surface area contributed by atoms with Gasteiger partial charge in [-0.15, -0.1) is 0 Å². The van der Waals surface area contributed by atoms with Crippen LogP contribution in [-0.2, 0) is 19.6 Å². The fourth-order valence-corrected chi connectivity index (χ4v) is 2.62. The molecule has 2 aromatic carbocycles. The zero-order valence-corrected chi connectivity index (χ0v) is 13.8. The number of ether oxygens (including phenoxy) is 2. The topological polar surface area (TPSA) is 127 Å². The van der Waals surface area contributed by atoms with Crippen molar-refractivity contribution in [2.75, 3.05) is 13.7 Å². The van der Waals surface area contributed by atoms with Crippen molar-refractivity contribution in [2.45, 2.75) is 4.90 Å². The second-order valence-electron chi connectivity index (χ2n) is 4.85. The molecule has 0 aliphatic carbocycles. The lowest BCUT2D eigenvalue weighted by atomic mass is 10.0. The van der Waals surface area contributed by atoms with Gasteiger partial charge in [-0.3, -0.25) is 9.35 Å². The third-order valence-electron chi connectivity index (χ3n) is 3.19. The van der Waals surface area contributed by atoms with Crippen LogP contribution in [0.25, 0.3) is 0 Å². The van der Waals surface area contributed by atoms with Crippen molar-refractivity contribution in [2.24, 2.45) is 0 Å². The van der Waals surface area contributed by atoms with Gasteiger partial charge in [-0.05, 0) is 6.07 Å². The standard InChI is InChI=1S/C16H14O8S/c1-23-15(18)9-24-13-8-12(17)11(7-14(13)25(20,21)22)16(19)10-5-3-2-4-6-10/h2-8,17H,9H2,1H3,(H,20,21,22). The average molecular weight is 366 g/mol. The Morgan fingerprint density at radius 2 is 1.76 bits per heavy atom. The van der Waals surface area contributed by atoms with Crippen molar-refractivity contribution in [1.82, 2.24) is 0 Å². The molecule has 0 heterocycles. The lowest BCUT2D eigenvalue weighted by Crippen LogP contribution is -2.15. The zero-order chi connectivity index (χ0) is 18.6. The number of carbonyl (C=O) groups is 2. The van der Waals surface area contributed by atoms with Gasteiger partial charge in [-0.2, -0.15) is 8.42 Å². The van der Waals surface area contributed by atoms with Crippen molar-refractivity contribution in [3.05, 3.63) is 53.6 Å². The maximum atomic E-state index is 12.4. The number of methoxy groups -OCH3 is 1. The van der Waals surface area contributed by atoms with E-state index in [1.165, 1.54) is 12.1 Å². The first kappa shape index (κ1) is 18.4. The van der Waals surface area contributed by atoms with Gasteiger partial charge in [-0.1, -0.05) is 30.3 Å². The highest BCUT2D eigenvalue weighted by atomic mass is 32.2. The molecular formula is C16H14O8S. The first-order chi connectivity index (χ1) is 11.7. The van der Waals surface area contributed by atoms with Gasteiger partial charge in [0.05, 0.1) is 12.7 Å². The van der Waals surface area contributed by atoms with Crippen LogP contribution in [0, 0.1) is 0 Å². The van der Waals surface area contributed by atoms with Crippen molar-refractivity contribution in [3.63, 3.8) is 0 Å². The van der Waals surface area contributed by atoms with Crippen molar-refractivity contribution < 1.29 is 37.1 Å². The lowest BCUT2D eigenvalue weighted by molar-refractivity contribution is -0.143. The van der Waals surface area contributed by atoms with Crippen LogP contribution in [0.5, 0.6) is 11.5 Å². The Kier molecular flexibility index (Phi) is 5.40. The van der Waals surface area contributed by atoms with Crippen molar-refractivity contribution in [3.8, 4) is 11.5 Å². The van der Waals surface area contributed by atoms with Gasteiger partial charge in [-0.25, -0.2) is 4.79 Å². The molecule has 0 aromatic heterocycles. The fraction of sp³-hybridized carbons (Fsp3) is 0.125. The molecule has 2 aromatic rings. The molecule has 9 heteroatoms. The molecule has 0 saturated carbocycles. The van der Waals surface area contributed by atoms with Crippen LogP contribution in [0.4, 0.5) is 0 Å². The molecule has 25 heavy (non-hydrogen) atoms. The van der Waals surface area contributed by atoms with E-state index in [2.05, 4.69) is 4.74 Å². The monoisotopic (exact) mass is 366 g/mol. The van der Waals surface area contributed by atoms with E-state index in [9.17, 15) is 27.7 Å². The summed E-state index contributed by atoms with van der Waals surface area (Å²) in [5.41, 5.74) is -0.133. The van der Waals surface area contributed by atoms with Crippen LogP contribution in [0.1, 0.15) is 15.9 Å². The van der Waals surface area contributed by atoms with E-state index in [4.69, 9.17) is 4.74 Å². The number of phenols is 1. The third kappa shape index (κ3) is 4.34. The number of carbonyl (C=O) groups excluding carboxylic acids is 2. The molecule has 132 valence electrons. The summed E-state index contributed by atoms with van der Waals surface area (Å²) in [6.45, 7) is -0.648. The SMILES string of the molecule is COC(=O)COc1cc(O)c(C(=O)c2ccccc2)cc1S(=O)(=O)O. The number of ketones is 1. The Hall–Kier alpha value is -2.91. The van der Waals surface area contributed by atoms with Gasteiger partial charge >= 0.3 is 5.97 Å². The van der Waals surface area contributed by atoms with Crippen LogP contribution >= 0.6 is 0 Å². The van der Waals surface area contributed by atoms with Crippen LogP contribution in [0.3, 0.4) is 0 Å². The molecule has 0 fully saturated rings. The Bertz CT molecular complexity index is 903. The zero-order valence-electron chi connectivity index (χ0n) is 13.0. The van der Waals surface area contributed by atoms with E-state index in [0.29, 0.717) is 0 Å². The smallest absolute Gasteiger partial charge is 0.343 e. The molecule has 0 amide bonds. The van der Waals surface area contributed by atoms with Crippen molar-refractivity contribution >= 4 is 21.9 Å². The molecule has 0 atom stereocenters. The van der Waals surface area contributed by atoms with Gasteiger partial charge < -0.3 is 14.6 Å². The van der Waals surface area contributed by atoms with Gasteiger partial charge in [0, 0.05) is 11.6 Å². The summed E-state index contributed by atoms with van der Waals surface area (Å²) in [7, 11) is -3.68. The molecule has 0 unspecified atom stereocenters. The summed E-state index contributed by atoms with van der Waals surface area (Å²) in [5, 5.41) is 10.0. The summed E-state index contributed by atoms with van der Waals surface area (Å²) in [6, 6.07) is 9.47. The fourth-order valence-electron chi connectivity index (χ4n) is 1.99. The molecule has 2 rings (SSSR count). The highest BCUT2D eigenvalue weighted by Crippen LogP contribution is 2.33. The number of hydrogen-bond acceptors (Lipinski definition) is 7. The molecule has 0 aliphatic rings. The first-order valence-electron chi connectivity index (χ1n) is 6.88. The van der Waals surface area contributed by atoms with Gasteiger partial charge in [0.1, 0.15) is 16.4 Å². The number of esters is 1. The Balaban J connectivity index is 2.50. The van der Waals surface area contributed by atoms with E-state index in [1.54, 1.807) is 18.2 Å². The average Bonchev–Trinajstić information content (AvgIpc) is 2.58. The summed E-state index contributed by atoms with van der Waals surface area (Å²) in [5.74, 6) is -2.51. The molecule has 2 N–H and O–H groups in total. The van der Waals surface area contributed by atoms with Gasteiger partial charge in [0.25, 0.3) is 10.1 Å². The Morgan fingerprint density at radius 1 is 1.12 bits per heavy atom. The number of aromatic hydroxyl groups is 1. The molecule has 0 spiro atoms. The Labute approximate surface area is 143 Å². The van der Waals surface area contributed by atoms with Crippen LogP contribution in [0.2, 0.25) is 0 Å². The number of hydrogen-bond donors (Lipinski definition) is 2. The minimum absolute atomic E-state index is 0.210. The van der Waals surface area contributed by atoms with E-state index in [-0.39, 0.29) is 11.1 Å². The Morgan fingerprint density at radius 3 is 2.32 bits per heavy atom. The first-order valence-corrected chi connectivity index (χ1v) is 8.32. The van der Waals surface area contributed by atoms with E-state index in [1.807, 2.05) is 0 Å². The van der Waals surface area contributed by atoms with Crippen LogP contribution < -0.4 is 4.74 Å². The molecule has 0 radical (unpaired) electrons. The maximum absolute atomic E-state index is 12.4. The van der Waals surface area contributed by atoms with Crippen LogP contribution in [-0.4, -0.2) is 43.5 Å². The molecular weight excluding hydrogens is 352 g/mol. The predicted octanol–water partition coefficient (Wildman–Crippen LogP) is 1.42. The highest BCUT2D eigenvalue weighted by Gasteiger charge is 2.24. The third-order valence-corrected chi connectivity index (χ3v) is 4.07. The highest BCUT2D eigenvalue weighted by molar-refractivity contribution is 7.86. The molecule has 8 nitrogen and oxygen atoms in total. The molecule has 0 bridgehead atoms. The maximum Gasteiger partial charge on any atom is 0.343 e. The van der Waals surface area contributed by atoms with Gasteiger partial charge in [0.15, 0.2) is 12.4 Å². The predicted molar refractivity (Wildman–Crippen MR) is 85.3 cm³/mol. The summed E-state index contributed by atoms with van der Waals surface area (Å²) in [6.07, 6.45) is 0. The van der Waals surface area contributed by atoms with Crippen LogP contribution in [0.15, 0.2) is 47.4 Å². The second kappa shape index (κ2) is 7.32. The normalized spacial score (nSPS) is 11.0. The minimum atomic E-state index is -4.78. The van der Waals surface area contributed by atoms with Crippen molar-refractivity contribution in [1.29, 1.82) is 0 Å². The number of benzene rings is 2. The quantitative estimate of drug-likeness (QED) is 0.446. The molecule has 0 saturated heterocycles.